The Hall–Kier alpha value is -4.29. The van der Waals surface area contributed by atoms with E-state index < -0.39 is 26.1 Å². The minimum atomic E-state index is -2.35. The van der Waals surface area contributed by atoms with Crippen LogP contribution in [0.25, 0.3) is 0 Å². The fourth-order valence-corrected chi connectivity index (χ4v) is 7.04. The van der Waals surface area contributed by atoms with Crippen LogP contribution in [-0.4, -0.2) is 75.9 Å². The molecule has 0 radical (unpaired) electrons. The van der Waals surface area contributed by atoms with Crippen molar-refractivity contribution in [1.29, 1.82) is 0 Å². The first-order chi connectivity index (χ1) is 22.9. The predicted molar refractivity (Wildman–Crippen MR) is 193 cm³/mol. The molecule has 3 heterocycles. The van der Waals surface area contributed by atoms with Crippen molar-refractivity contribution in [3.63, 3.8) is 0 Å². The van der Waals surface area contributed by atoms with E-state index in [0.29, 0.717) is 30.6 Å². The molecule has 1 aliphatic heterocycles. The van der Waals surface area contributed by atoms with Crippen LogP contribution in [0.15, 0.2) is 72.3 Å². The molecule has 0 unspecified atom stereocenters. The van der Waals surface area contributed by atoms with Crippen LogP contribution in [0.1, 0.15) is 93.2 Å². The predicted octanol–water partition coefficient (Wildman–Crippen LogP) is 6.92. The highest BCUT2D eigenvalue weighted by Crippen LogP contribution is 2.44. The van der Waals surface area contributed by atoms with E-state index in [1.54, 1.807) is 36.6 Å². The van der Waals surface area contributed by atoms with Crippen LogP contribution >= 0.6 is 0 Å². The normalized spacial score (nSPS) is 17.9. The van der Waals surface area contributed by atoms with Gasteiger partial charge in [0.25, 0.3) is 5.91 Å². The Labute approximate surface area is 291 Å². The third-order valence-electron chi connectivity index (χ3n) is 9.37. The lowest BCUT2D eigenvalue weighted by molar-refractivity contribution is -0.00244. The average Bonchev–Trinajstić information content (AvgIpc) is 3.45. The Morgan fingerprint density at radius 2 is 1.73 bits per heavy atom. The van der Waals surface area contributed by atoms with Gasteiger partial charge in [0.1, 0.15) is 11.3 Å². The van der Waals surface area contributed by atoms with Crippen molar-refractivity contribution in [3.8, 4) is 0 Å². The second-order valence-corrected chi connectivity index (χ2v) is 20.1. The molecular formula is C37H52N6O5Si. The Morgan fingerprint density at radius 3 is 2.29 bits per heavy atom. The Morgan fingerprint density at radius 1 is 1.04 bits per heavy atom. The molecule has 3 N–H and O–H groups in total. The second-order valence-electron chi connectivity index (χ2n) is 15.4. The van der Waals surface area contributed by atoms with Crippen LogP contribution in [0.5, 0.6) is 0 Å². The molecule has 0 bridgehead atoms. The van der Waals surface area contributed by atoms with Crippen molar-refractivity contribution in [2.45, 2.75) is 109 Å². The van der Waals surface area contributed by atoms with Crippen LogP contribution in [0.2, 0.25) is 18.1 Å². The maximum Gasteiger partial charge on any atom is 0.410 e. The van der Waals surface area contributed by atoms with Gasteiger partial charge in [0.15, 0.2) is 14.2 Å². The summed E-state index contributed by atoms with van der Waals surface area (Å²) in [5.74, 6) is -0.165. The molecule has 12 heteroatoms. The van der Waals surface area contributed by atoms with Gasteiger partial charge in [-0.25, -0.2) is 4.79 Å². The quantitative estimate of drug-likeness (QED) is 0.0769. The maximum atomic E-state index is 14.1. The lowest BCUT2D eigenvalue weighted by Gasteiger charge is -2.43. The molecule has 0 aliphatic carbocycles. The van der Waals surface area contributed by atoms with Gasteiger partial charge < -0.3 is 25.0 Å². The molecule has 3 aromatic rings. The van der Waals surface area contributed by atoms with E-state index >= 15 is 0 Å². The van der Waals surface area contributed by atoms with E-state index in [9.17, 15) is 9.59 Å². The molecule has 49 heavy (non-hydrogen) atoms. The van der Waals surface area contributed by atoms with Gasteiger partial charge in [-0.3, -0.25) is 19.7 Å². The molecule has 1 fully saturated rings. The molecule has 1 aliphatic rings. The van der Waals surface area contributed by atoms with Gasteiger partial charge in [-0.1, -0.05) is 50.2 Å². The summed E-state index contributed by atoms with van der Waals surface area (Å²) in [5, 5.41) is 12.2. The maximum absolute atomic E-state index is 14.1. The number of likely N-dealkylation sites (tertiary alicyclic amines) is 1. The monoisotopic (exact) mass is 688 g/mol. The lowest BCUT2D eigenvalue weighted by atomic mass is 10.0. The number of nitrogens with two attached hydrogens (primary N) is 1. The zero-order valence-corrected chi connectivity index (χ0v) is 31.3. The van der Waals surface area contributed by atoms with Gasteiger partial charge in [-0.15, -0.1) is 0 Å². The highest BCUT2D eigenvalue weighted by atomic mass is 28.4. The van der Waals surface area contributed by atoms with Crippen molar-refractivity contribution in [2.75, 3.05) is 7.05 Å². The Balaban J connectivity index is 1.63. The van der Waals surface area contributed by atoms with Crippen LogP contribution in [-0.2, 0) is 22.1 Å². The Kier molecular flexibility index (Phi) is 11.5. The number of rotatable bonds is 10. The molecule has 0 spiro atoms. The minimum Gasteiger partial charge on any atom is -0.444 e. The molecule has 3 atom stereocenters. The van der Waals surface area contributed by atoms with Crippen molar-refractivity contribution in [2.24, 2.45) is 10.9 Å². The summed E-state index contributed by atoms with van der Waals surface area (Å²) in [5.41, 5.74) is 8.82. The number of amides is 2. The number of aromatic nitrogens is 2. The van der Waals surface area contributed by atoms with Gasteiger partial charge in [-0.2, -0.15) is 0 Å². The third-order valence-corrected chi connectivity index (χ3v) is 13.8. The summed E-state index contributed by atoms with van der Waals surface area (Å²) >= 11 is 0. The van der Waals surface area contributed by atoms with Crippen LogP contribution in [0.4, 0.5) is 4.79 Å². The van der Waals surface area contributed by atoms with Gasteiger partial charge in [-0.05, 0) is 99.1 Å². The molecule has 0 saturated carbocycles. The number of nitrogens with zero attached hydrogens (tertiary/aromatic N) is 5. The molecular weight excluding hydrogens is 637 g/mol. The number of pyridine rings is 2. The highest BCUT2D eigenvalue weighted by molar-refractivity contribution is 6.74. The molecule has 4 rings (SSSR count). The standard InChI is InChI=1S/C37H52N6O5Si/c1-36(2,3)47-35(45)43-29(21-25-12-14-27(15-13-25)34(44)42(7)24-26-11-10-20-39-22-26)17-19-31(43)32(48-49(8,9)37(4,5)6)28-16-18-30(40-23-28)33(38)41-46/h10-16,18,20,22-23,29,31-32,46H,17,19,21,24H2,1-9H3,(H2,38,41)/t29-,31+,32-/m1/s1. The molecule has 1 aromatic carbocycles. The minimum absolute atomic E-state index is 0.0796. The number of hydrogen-bond donors (Lipinski definition) is 2. The van der Waals surface area contributed by atoms with Crippen molar-refractivity contribution in [3.05, 3.63) is 95.1 Å². The summed E-state index contributed by atoms with van der Waals surface area (Å²) in [6.45, 7) is 17.0. The number of carbonyl (C=O) groups is 2. The van der Waals surface area contributed by atoms with E-state index in [2.05, 4.69) is 49.0 Å². The van der Waals surface area contributed by atoms with Crippen molar-refractivity contribution in [1.82, 2.24) is 19.8 Å². The smallest absolute Gasteiger partial charge is 0.410 e. The molecule has 11 nitrogen and oxygen atoms in total. The SMILES string of the molecule is CN(Cc1cccnc1)C(=O)c1ccc(C[C@H]2CC[C@@H]([C@H](O[Si](C)(C)C(C)(C)C)c3ccc(C(N)=NO)nc3)N2C(=O)OC(C)(C)C)cc1. The van der Waals surface area contributed by atoms with Gasteiger partial charge in [0.2, 0.25) is 0 Å². The van der Waals surface area contributed by atoms with Gasteiger partial charge in [0, 0.05) is 43.8 Å². The molecule has 2 amide bonds. The fraction of sp³-hybridized carbons (Fsp3) is 0.486. The lowest BCUT2D eigenvalue weighted by Crippen LogP contribution is -2.50. The number of ether oxygens (including phenoxy) is 1. The number of amidine groups is 1. The van der Waals surface area contributed by atoms with Crippen LogP contribution in [0.3, 0.4) is 0 Å². The molecule has 1 saturated heterocycles. The van der Waals surface area contributed by atoms with Crippen LogP contribution < -0.4 is 5.73 Å². The summed E-state index contributed by atoms with van der Waals surface area (Å²) < 4.78 is 13.1. The average molecular weight is 689 g/mol. The van der Waals surface area contributed by atoms with E-state index in [1.807, 2.05) is 68.1 Å². The summed E-state index contributed by atoms with van der Waals surface area (Å²) in [4.78, 5) is 39.4. The zero-order chi connectivity index (χ0) is 36.1. The molecule has 2 aromatic heterocycles. The summed E-state index contributed by atoms with van der Waals surface area (Å²) in [6.07, 6.45) is 6.30. The van der Waals surface area contributed by atoms with Crippen LogP contribution in [0, 0.1) is 0 Å². The van der Waals surface area contributed by atoms with Crippen molar-refractivity contribution < 1.29 is 24.0 Å². The van der Waals surface area contributed by atoms with E-state index in [4.69, 9.17) is 20.1 Å². The topological polar surface area (TPSA) is 143 Å². The highest BCUT2D eigenvalue weighted by Gasteiger charge is 2.48. The third kappa shape index (κ3) is 9.45. The second kappa shape index (κ2) is 15.1. The Bertz CT molecular complexity index is 1600. The van der Waals surface area contributed by atoms with E-state index in [0.717, 1.165) is 23.1 Å². The molecule has 264 valence electrons. The number of carbonyl (C=O) groups excluding carboxylic acids is 2. The van der Waals surface area contributed by atoms with Gasteiger partial charge in [0.05, 0.1) is 12.1 Å². The van der Waals surface area contributed by atoms with Crippen molar-refractivity contribution >= 4 is 26.2 Å². The number of oxime groups is 1. The fourth-order valence-electron chi connectivity index (χ4n) is 5.76. The summed E-state index contributed by atoms with van der Waals surface area (Å²) in [7, 11) is -0.575. The first-order valence-corrected chi connectivity index (χ1v) is 19.7. The first kappa shape index (κ1) is 37.5. The number of hydrogen-bond acceptors (Lipinski definition) is 8. The van der Waals surface area contributed by atoms with Gasteiger partial charge >= 0.3 is 6.09 Å². The van der Waals surface area contributed by atoms with E-state index in [1.165, 1.54) is 0 Å². The summed E-state index contributed by atoms with van der Waals surface area (Å²) in [6, 6.07) is 14.5. The zero-order valence-electron chi connectivity index (χ0n) is 30.3. The first-order valence-electron chi connectivity index (χ1n) is 16.8. The number of benzene rings is 1. The largest absolute Gasteiger partial charge is 0.444 e. The van der Waals surface area contributed by atoms with E-state index in [-0.39, 0.29) is 28.9 Å².